The van der Waals surface area contributed by atoms with Gasteiger partial charge in [0, 0.05) is 32.9 Å². The Hall–Kier alpha value is -2.88. The van der Waals surface area contributed by atoms with Gasteiger partial charge in [0.2, 0.25) is 0 Å². The predicted octanol–water partition coefficient (Wildman–Crippen LogP) is 8.04. The molecule has 29 heavy (non-hydrogen) atoms. The number of hydrogen-bond acceptors (Lipinski definition) is 3. The van der Waals surface area contributed by atoms with Gasteiger partial charge in [0.15, 0.2) is 0 Å². The summed E-state index contributed by atoms with van der Waals surface area (Å²) in [6.07, 6.45) is 9.70. The molecule has 1 nitrogen and oxygen atoms in total. The number of fused-ring (bicyclic) bond motifs is 1. The minimum atomic E-state index is 0.983. The van der Waals surface area contributed by atoms with Crippen molar-refractivity contribution in [2.75, 3.05) is 11.9 Å². The third-order valence-electron chi connectivity index (χ3n) is 5.21. The lowest BCUT2D eigenvalue weighted by atomic mass is 10.0. The summed E-state index contributed by atoms with van der Waals surface area (Å²) in [7, 11) is 2.17. The average Bonchev–Trinajstić information content (AvgIpc) is 3.38. The van der Waals surface area contributed by atoms with Gasteiger partial charge in [0.05, 0.1) is 5.00 Å². The molecule has 0 radical (unpaired) electrons. The Morgan fingerprint density at radius 3 is 2.41 bits per heavy atom. The van der Waals surface area contributed by atoms with Crippen LogP contribution in [0.2, 0.25) is 0 Å². The highest BCUT2D eigenvalue weighted by molar-refractivity contribution is 7.25. The van der Waals surface area contributed by atoms with Crippen LogP contribution in [0.1, 0.15) is 11.1 Å². The standard InChI is InChI=1S/C26H21NS2/c1-27(22-14-8-12-19-9-4-3-7-13-21(19)22)26-18-17-25(29-26)24-16-15-23(28-24)20-10-5-2-6-11-20/h2-8,10-18H,9H2,1H3. The molecule has 0 unspecified atom stereocenters. The van der Waals surface area contributed by atoms with E-state index >= 15 is 0 Å². The van der Waals surface area contributed by atoms with Crippen LogP contribution in [0, 0.1) is 0 Å². The van der Waals surface area contributed by atoms with Crippen LogP contribution in [-0.4, -0.2) is 7.05 Å². The maximum absolute atomic E-state index is 2.31. The van der Waals surface area contributed by atoms with Gasteiger partial charge >= 0.3 is 0 Å². The SMILES string of the molecule is CN(c1ccc(-c2ccc(-c3ccccc3)s2)s1)c1cccc2c1C=CC=CC2. The molecule has 2 aromatic carbocycles. The molecule has 2 heterocycles. The van der Waals surface area contributed by atoms with Crippen molar-refractivity contribution in [1.29, 1.82) is 0 Å². The van der Waals surface area contributed by atoms with E-state index in [1.807, 2.05) is 22.7 Å². The summed E-state index contributed by atoms with van der Waals surface area (Å²) in [5, 5.41) is 1.26. The van der Waals surface area contributed by atoms with E-state index in [4.69, 9.17) is 0 Å². The van der Waals surface area contributed by atoms with E-state index < -0.39 is 0 Å². The molecule has 0 aliphatic heterocycles. The molecule has 0 bridgehead atoms. The zero-order valence-corrected chi connectivity index (χ0v) is 17.8. The van der Waals surface area contributed by atoms with Gasteiger partial charge in [-0.05, 0) is 47.9 Å². The van der Waals surface area contributed by atoms with E-state index in [1.54, 1.807) is 0 Å². The average molecular weight is 412 g/mol. The largest absolute Gasteiger partial charge is 0.336 e. The van der Waals surface area contributed by atoms with Crippen molar-refractivity contribution >= 4 is 39.4 Å². The summed E-state index contributed by atoms with van der Waals surface area (Å²) in [5.74, 6) is 0. The number of anilines is 2. The van der Waals surface area contributed by atoms with E-state index in [9.17, 15) is 0 Å². The van der Waals surface area contributed by atoms with Gasteiger partial charge in [-0.15, -0.1) is 22.7 Å². The summed E-state index contributed by atoms with van der Waals surface area (Å²) in [5.41, 5.74) is 5.23. The molecule has 2 aromatic heterocycles. The number of nitrogens with zero attached hydrogens (tertiary/aromatic N) is 1. The van der Waals surface area contributed by atoms with Crippen molar-refractivity contribution in [2.45, 2.75) is 6.42 Å². The van der Waals surface area contributed by atoms with Crippen molar-refractivity contribution in [3.8, 4) is 20.2 Å². The molecule has 0 fully saturated rings. The van der Waals surface area contributed by atoms with Crippen LogP contribution in [0.3, 0.4) is 0 Å². The molecule has 142 valence electrons. The normalized spacial score (nSPS) is 12.6. The lowest BCUT2D eigenvalue weighted by Gasteiger charge is -2.21. The topological polar surface area (TPSA) is 3.24 Å². The third-order valence-corrected chi connectivity index (χ3v) is 7.70. The van der Waals surface area contributed by atoms with E-state index in [-0.39, 0.29) is 0 Å². The number of allylic oxidation sites excluding steroid dienone is 3. The Labute approximate surface area is 179 Å². The summed E-state index contributed by atoms with van der Waals surface area (Å²) in [6.45, 7) is 0. The fourth-order valence-corrected chi connectivity index (χ4v) is 5.76. The van der Waals surface area contributed by atoms with Gasteiger partial charge < -0.3 is 4.90 Å². The van der Waals surface area contributed by atoms with Crippen LogP contribution in [0.5, 0.6) is 0 Å². The summed E-state index contributed by atoms with van der Waals surface area (Å²) in [6, 6.07) is 26.2. The van der Waals surface area contributed by atoms with Crippen LogP contribution in [-0.2, 0) is 6.42 Å². The summed E-state index contributed by atoms with van der Waals surface area (Å²) >= 11 is 3.71. The zero-order valence-electron chi connectivity index (χ0n) is 16.2. The van der Waals surface area contributed by atoms with Crippen LogP contribution in [0.15, 0.2) is 91.0 Å². The molecule has 0 atom stereocenters. The van der Waals surface area contributed by atoms with Gasteiger partial charge in [-0.25, -0.2) is 0 Å². The Morgan fingerprint density at radius 1 is 0.724 bits per heavy atom. The number of thiophene rings is 2. The Kier molecular flexibility index (Phi) is 4.92. The molecule has 0 spiro atoms. The lowest BCUT2D eigenvalue weighted by Crippen LogP contribution is -2.10. The van der Waals surface area contributed by atoms with Crippen molar-refractivity contribution in [3.05, 3.63) is 102 Å². The van der Waals surface area contributed by atoms with Crippen LogP contribution in [0.25, 0.3) is 26.3 Å². The highest BCUT2D eigenvalue weighted by Crippen LogP contribution is 2.42. The first kappa shape index (κ1) is 18.2. The second kappa shape index (κ2) is 7.86. The first-order valence-electron chi connectivity index (χ1n) is 9.74. The monoisotopic (exact) mass is 411 g/mol. The first-order chi connectivity index (χ1) is 14.3. The van der Waals surface area contributed by atoms with Gasteiger partial charge in [-0.1, -0.05) is 66.8 Å². The van der Waals surface area contributed by atoms with Gasteiger partial charge in [-0.2, -0.15) is 0 Å². The second-order valence-electron chi connectivity index (χ2n) is 7.07. The van der Waals surface area contributed by atoms with Crippen LogP contribution >= 0.6 is 22.7 Å². The molecular formula is C26H21NS2. The first-order valence-corrected chi connectivity index (χ1v) is 11.4. The fourth-order valence-electron chi connectivity index (χ4n) is 3.67. The van der Waals surface area contributed by atoms with Crippen molar-refractivity contribution in [2.24, 2.45) is 0 Å². The molecule has 0 saturated heterocycles. The minimum Gasteiger partial charge on any atom is -0.336 e. The molecule has 5 rings (SSSR count). The molecule has 0 amide bonds. The molecule has 3 heteroatoms. The Morgan fingerprint density at radius 2 is 1.52 bits per heavy atom. The highest BCUT2D eigenvalue weighted by atomic mass is 32.1. The number of rotatable bonds is 4. The zero-order chi connectivity index (χ0) is 19.6. The number of hydrogen-bond donors (Lipinski definition) is 0. The van der Waals surface area contributed by atoms with E-state index in [0.717, 1.165) is 6.42 Å². The molecule has 0 saturated carbocycles. The smallest absolute Gasteiger partial charge is 0.0957 e. The maximum Gasteiger partial charge on any atom is 0.0957 e. The van der Waals surface area contributed by atoms with Gasteiger partial charge in [0.1, 0.15) is 0 Å². The molecule has 4 aromatic rings. The summed E-state index contributed by atoms with van der Waals surface area (Å²) < 4.78 is 0. The van der Waals surface area contributed by atoms with Crippen LogP contribution < -0.4 is 4.90 Å². The maximum atomic E-state index is 2.31. The highest BCUT2D eigenvalue weighted by Gasteiger charge is 2.15. The van der Waals surface area contributed by atoms with E-state index in [2.05, 4.69) is 109 Å². The van der Waals surface area contributed by atoms with E-state index in [1.165, 1.54) is 42.0 Å². The third kappa shape index (κ3) is 3.59. The van der Waals surface area contributed by atoms with Crippen molar-refractivity contribution in [3.63, 3.8) is 0 Å². The van der Waals surface area contributed by atoms with E-state index in [0.29, 0.717) is 0 Å². The fraction of sp³-hybridized carbons (Fsp3) is 0.0769. The molecule has 0 N–H and O–H groups in total. The van der Waals surface area contributed by atoms with Crippen molar-refractivity contribution < 1.29 is 0 Å². The molecular weight excluding hydrogens is 390 g/mol. The Bertz CT molecular complexity index is 1190. The van der Waals surface area contributed by atoms with Crippen molar-refractivity contribution in [1.82, 2.24) is 0 Å². The second-order valence-corrected chi connectivity index (χ2v) is 9.21. The molecule has 1 aliphatic rings. The van der Waals surface area contributed by atoms with Gasteiger partial charge in [-0.3, -0.25) is 0 Å². The Balaban J connectivity index is 1.45. The van der Waals surface area contributed by atoms with Crippen LogP contribution in [0.4, 0.5) is 10.7 Å². The quantitative estimate of drug-likeness (QED) is 0.328. The number of benzene rings is 2. The molecule has 1 aliphatic carbocycles. The van der Waals surface area contributed by atoms with Gasteiger partial charge in [0.25, 0.3) is 0 Å². The lowest BCUT2D eigenvalue weighted by molar-refractivity contribution is 1.19. The predicted molar refractivity (Wildman–Crippen MR) is 129 cm³/mol. The minimum absolute atomic E-state index is 0.983. The summed E-state index contributed by atoms with van der Waals surface area (Å²) in [4.78, 5) is 6.27.